The predicted octanol–water partition coefficient (Wildman–Crippen LogP) is -4.73. The summed E-state index contributed by atoms with van der Waals surface area (Å²) in [7, 11) is 2.00. The van der Waals surface area contributed by atoms with Gasteiger partial charge in [0.05, 0.1) is 6.10 Å². The fourth-order valence-corrected chi connectivity index (χ4v) is 8.92. The monoisotopic (exact) mass is 1020 g/mol. The van der Waals surface area contributed by atoms with Gasteiger partial charge in [0.25, 0.3) is 0 Å². The van der Waals surface area contributed by atoms with Gasteiger partial charge in [-0.25, -0.2) is 0 Å². The number of aliphatic imine (C=N–C) groups is 2. The maximum atomic E-state index is 14.4. The van der Waals surface area contributed by atoms with E-state index in [4.69, 9.17) is 28.7 Å². The zero-order valence-electron chi connectivity index (χ0n) is 39.8. The number of carbonyl (C=O) groups is 9. The van der Waals surface area contributed by atoms with Crippen LogP contribution in [0.15, 0.2) is 34.3 Å². The molecule has 1 saturated heterocycles. The number of nitrogens with one attached hydrogen (secondary N) is 8. The van der Waals surface area contributed by atoms with Crippen LogP contribution >= 0.6 is 21.6 Å². The van der Waals surface area contributed by atoms with Crippen molar-refractivity contribution in [3.63, 3.8) is 0 Å². The SMILES string of the molecule is CC(=O)N[C@@H]1CSSCC(C(=O)N[C@@H](CCCN=C(N)N)C(=O)N[C@@H](Cc2ccc(O)cc2)C(N)=O)NC(=O)[C@H](CCCN=C(N)N)NC(=O)[C@H]([C@@H](C)O)NC(=O)[C@H](C)NC(=O)C(CC(C)C)NC1=O. The predicted molar refractivity (Wildman–Crippen MR) is 264 cm³/mol. The summed E-state index contributed by atoms with van der Waals surface area (Å²) in [6.45, 7) is 7.34. The summed E-state index contributed by atoms with van der Waals surface area (Å²) in [4.78, 5) is 130. The van der Waals surface area contributed by atoms with Crippen LogP contribution in [0.1, 0.15) is 72.3 Å². The molecule has 9 amide bonds. The van der Waals surface area contributed by atoms with E-state index >= 15 is 0 Å². The number of nitrogens with two attached hydrogens (primary N) is 5. The van der Waals surface area contributed by atoms with Crippen LogP contribution in [-0.2, 0) is 49.6 Å². The highest BCUT2D eigenvalue weighted by Crippen LogP contribution is 2.24. The molecular weight excluding hydrogens is 955 g/mol. The number of nitrogens with zero attached hydrogens (tertiary/aromatic N) is 2. The first-order chi connectivity index (χ1) is 32.9. The largest absolute Gasteiger partial charge is 0.508 e. The number of rotatable bonds is 19. The van der Waals surface area contributed by atoms with Gasteiger partial charge in [-0.3, -0.25) is 53.1 Å². The van der Waals surface area contributed by atoms with Gasteiger partial charge in [0.15, 0.2) is 11.9 Å². The highest BCUT2D eigenvalue weighted by atomic mass is 33.1. The van der Waals surface area contributed by atoms with Gasteiger partial charge in [-0.2, -0.15) is 0 Å². The molecule has 0 bridgehead atoms. The van der Waals surface area contributed by atoms with Crippen LogP contribution in [0.25, 0.3) is 0 Å². The van der Waals surface area contributed by atoms with E-state index in [0.29, 0.717) is 5.56 Å². The van der Waals surface area contributed by atoms with Crippen molar-refractivity contribution >= 4 is 86.7 Å². The van der Waals surface area contributed by atoms with Gasteiger partial charge in [-0.15, -0.1) is 0 Å². The Kier molecular flexibility index (Phi) is 25.7. The quantitative estimate of drug-likeness (QED) is 0.0268. The fourth-order valence-electron chi connectivity index (χ4n) is 6.60. The number of carbonyl (C=O) groups excluding carboxylic acids is 9. The standard InChI is InChI=1S/C42H69N15O11S2/c1-20(2)16-29-37(65)50-21(3)34(62)57-32(22(4)58)40(68)53-27(9-7-15-49-42(46)47)36(64)56-31(19-70-69-18-30(38(66)55-29)51-23(5)59)39(67)52-26(8-6-14-48-41(44)45)35(63)54-28(33(43)61)17-24-10-12-25(60)13-11-24/h10-13,20-22,26-32,58,60H,6-9,14-19H2,1-5H3,(H2,43,61)(H,50,65)(H,51,59)(H,52,67)(H,53,68)(H,54,63)(H,55,66)(H,56,64)(H,57,62)(H4,44,45,48)(H4,46,47,49)/t21-,22+,26-,27-,28-,29?,30+,31?,32-/m0/s1. The second kappa shape index (κ2) is 30.1. The fraction of sp³-hybridized carbons (Fsp3) is 0.595. The Morgan fingerprint density at radius 2 is 1.33 bits per heavy atom. The Bertz CT molecular complexity index is 2040. The topological polar surface area (TPSA) is 445 Å². The van der Waals surface area contributed by atoms with Crippen molar-refractivity contribution in [3.05, 3.63) is 29.8 Å². The van der Waals surface area contributed by atoms with Crippen LogP contribution < -0.4 is 71.2 Å². The average molecular weight is 1020 g/mol. The van der Waals surface area contributed by atoms with Crippen molar-refractivity contribution in [2.75, 3.05) is 24.6 Å². The average Bonchev–Trinajstić information content (AvgIpc) is 3.26. The van der Waals surface area contributed by atoms with Crippen LogP contribution in [0.3, 0.4) is 0 Å². The number of aromatic hydroxyl groups is 1. The first kappa shape index (κ1) is 59.6. The number of amides is 9. The number of phenols is 1. The summed E-state index contributed by atoms with van der Waals surface area (Å²) in [5, 5.41) is 40.8. The van der Waals surface area contributed by atoms with E-state index in [-0.39, 0.29) is 86.7 Å². The Morgan fingerprint density at radius 1 is 0.743 bits per heavy atom. The van der Waals surface area contributed by atoms with E-state index in [1.165, 1.54) is 45.0 Å². The van der Waals surface area contributed by atoms with Crippen molar-refractivity contribution < 1.29 is 53.4 Å². The van der Waals surface area contributed by atoms with Crippen molar-refractivity contribution in [2.45, 2.75) is 128 Å². The van der Waals surface area contributed by atoms with E-state index in [1.54, 1.807) is 13.8 Å². The first-order valence-electron chi connectivity index (χ1n) is 22.4. The van der Waals surface area contributed by atoms with Crippen LogP contribution in [0.5, 0.6) is 5.75 Å². The molecule has 0 aliphatic carbocycles. The van der Waals surface area contributed by atoms with Crippen LogP contribution in [0, 0.1) is 5.92 Å². The van der Waals surface area contributed by atoms with Crippen LogP contribution in [0.4, 0.5) is 0 Å². The van der Waals surface area contributed by atoms with Gasteiger partial charge in [-0.05, 0) is 69.6 Å². The molecule has 1 aliphatic heterocycles. The number of guanidine groups is 2. The lowest BCUT2D eigenvalue weighted by Crippen LogP contribution is -2.62. The molecule has 26 nitrogen and oxygen atoms in total. The van der Waals surface area contributed by atoms with Gasteiger partial charge < -0.3 is 81.4 Å². The minimum atomic E-state index is -1.68. The molecule has 20 N–H and O–H groups in total. The zero-order chi connectivity index (χ0) is 52.7. The molecule has 1 aromatic carbocycles. The lowest BCUT2D eigenvalue weighted by atomic mass is 10.0. The molecule has 0 radical (unpaired) electrons. The number of hydrogen-bond acceptors (Lipinski definition) is 15. The molecule has 2 rings (SSSR count). The van der Waals surface area contributed by atoms with Crippen molar-refractivity contribution in [1.82, 2.24) is 42.5 Å². The van der Waals surface area contributed by atoms with Crippen LogP contribution in [-0.4, -0.2) is 154 Å². The molecule has 1 heterocycles. The smallest absolute Gasteiger partial charge is 0.245 e. The minimum absolute atomic E-state index is 0.00268. The van der Waals surface area contributed by atoms with E-state index in [2.05, 4.69) is 52.5 Å². The normalized spacial score (nSPS) is 22.2. The molecule has 1 fully saturated rings. The third-order valence-corrected chi connectivity index (χ3v) is 12.6. The summed E-state index contributed by atoms with van der Waals surface area (Å²) in [5.41, 5.74) is 28.1. The van der Waals surface area contributed by atoms with Crippen molar-refractivity contribution in [2.24, 2.45) is 44.6 Å². The third-order valence-electron chi connectivity index (χ3n) is 10.2. The number of benzene rings is 1. The zero-order valence-corrected chi connectivity index (χ0v) is 41.5. The van der Waals surface area contributed by atoms with E-state index in [1.807, 2.05) is 0 Å². The Labute approximate surface area is 413 Å². The third kappa shape index (κ3) is 22.3. The molecule has 1 aliphatic rings. The van der Waals surface area contributed by atoms with Gasteiger partial charge in [-0.1, -0.05) is 47.6 Å². The number of phenolic OH excluding ortho intramolecular Hbond substituents is 1. The lowest BCUT2D eigenvalue weighted by molar-refractivity contribution is -0.137. The molecule has 0 spiro atoms. The number of aliphatic hydroxyl groups excluding tert-OH is 1. The molecule has 390 valence electrons. The van der Waals surface area contributed by atoms with Crippen LogP contribution in [0.2, 0.25) is 0 Å². The summed E-state index contributed by atoms with van der Waals surface area (Å²) < 4.78 is 0. The lowest BCUT2D eigenvalue weighted by Gasteiger charge is -2.29. The highest BCUT2D eigenvalue weighted by molar-refractivity contribution is 8.76. The van der Waals surface area contributed by atoms with Gasteiger partial charge in [0, 0.05) is 37.9 Å². The maximum absolute atomic E-state index is 14.4. The molecule has 1 aromatic rings. The number of primary amides is 1. The molecule has 9 atom stereocenters. The molecule has 2 unspecified atom stereocenters. The van der Waals surface area contributed by atoms with E-state index in [9.17, 15) is 53.4 Å². The number of aliphatic hydroxyl groups is 1. The second-order valence-corrected chi connectivity index (χ2v) is 19.4. The van der Waals surface area contributed by atoms with E-state index in [0.717, 1.165) is 21.6 Å². The second-order valence-electron chi connectivity index (χ2n) is 16.9. The first-order valence-corrected chi connectivity index (χ1v) is 24.9. The Hall–Kier alpha value is -6.55. The van der Waals surface area contributed by atoms with Gasteiger partial charge in [0.1, 0.15) is 54.1 Å². The van der Waals surface area contributed by atoms with Crippen molar-refractivity contribution in [1.29, 1.82) is 0 Å². The summed E-state index contributed by atoms with van der Waals surface area (Å²) >= 11 is 0. The molecule has 0 saturated carbocycles. The summed E-state index contributed by atoms with van der Waals surface area (Å²) in [5.74, 6) is -8.66. The molecule has 0 aromatic heterocycles. The molecular formula is C42H69N15O11S2. The maximum Gasteiger partial charge on any atom is 0.245 e. The Balaban J connectivity index is 2.66. The molecule has 28 heteroatoms. The summed E-state index contributed by atoms with van der Waals surface area (Å²) in [6.07, 6.45) is -1.53. The number of hydrogen-bond donors (Lipinski definition) is 15. The molecule has 70 heavy (non-hydrogen) atoms. The van der Waals surface area contributed by atoms with Crippen molar-refractivity contribution in [3.8, 4) is 5.75 Å². The van der Waals surface area contributed by atoms with Gasteiger partial charge in [0.2, 0.25) is 53.2 Å². The summed E-state index contributed by atoms with van der Waals surface area (Å²) in [6, 6.07) is -5.23. The highest BCUT2D eigenvalue weighted by Gasteiger charge is 2.36. The van der Waals surface area contributed by atoms with Gasteiger partial charge >= 0.3 is 0 Å². The minimum Gasteiger partial charge on any atom is -0.508 e. The van der Waals surface area contributed by atoms with E-state index < -0.39 is 108 Å². The Morgan fingerprint density at radius 3 is 1.90 bits per heavy atom.